The zero-order valence-corrected chi connectivity index (χ0v) is 20.0. The van der Waals surface area contributed by atoms with Crippen molar-refractivity contribution in [3.63, 3.8) is 0 Å². The molecule has 3 rings (SSSR count). The van der Waals surface area contributed by atoms with Crippen molar-refractivity contribution in [2.45, 2.75) is 56.1 Å². The van der Waals surface area contributed by atoms with E-state index in [1.54, 1.807) is 0 Å². The number of ether oxygens (including phenoxy) is 1. The van der Waals surface area contributed by atoms with Gasteiger partial charge in [-0.25, -0.2) is 9.97 Å². The number of imidazole rings is 1. The van der Waals surface area contributed by atoms with E-state index in [2.05, 4.69) is 23.3 Å². The quantitative estimate of drug-likeness (QED) is 0.295. The fourth-order valence-corrected chi connectivity index (χ4v) is 4.80. The first-order valence-electron chi connectivity index (χ1n) is 9.83. The number of aromatic amines is 1. The molecule has 1 N–H and O–H groups in total. The Morgan fingerprint density at radius 2 is 1.72 bits per heavy atom. The zero-order chi connectivity index (χ0) is 27.5. The van der Waals surface area contributed by atoms with E-state index in [-0.39, 0.29) is 23.4 Å². The average molecular weight is 572 g/mol. The highest BCUT2D eigenvalue weighted by Gasteiger charge is 2.60. The molecule has 4 atom stereocenters. The molecular weight excluding hydrogens is 554 g/mol. The Bertz CT molecular complexity index is 1420. The first-order valence-corrected chi connectivity index (χ1v) is 12.6. The largest absolute Gasteiger partial charge is 0.523 e. The number of halogens is 6. The van der Waals surface area contributed by atoms with Crippen LogP contribution in [0.1, 0.15) is 32.3 Å². The number of alkyl halides is 6. The first-order chi connectivity index (χ1) is 16.3. The summed E-state index contributed by atoms with van der Waals surface area (Å²) in [5.41, 5.74) is -15.2. The van der Waals surface area contributed by atoms with Crippen LogP contribution >= 0.6 is 0 Å². The molecule has 0 aliphatic carbocycles. The van der Waals surface area contributed by atoms with E-state index in [9.17, 15) is 48.0 Å². The molecule has 1 fully saturated rings. The minimum Gasteiger partial charge on any atom is -0.346 e. The topological polar surface area (TPSA) is 160 Å². The van der Waals surface area contributed by atoms with E-state index >= 15 is 0 Å². The molecule has 1 aliphatic rings. The maximum absolute atomic E-state index is 13.1. The molecule has 0 bridgehead atoms. The second-order valence-corrected chi connectivity index (χ2v) is 11.0. The summed E-state index contributed by atoms with van der Waals surface area (Å²) in [4.78, 5) is 22.2. The van der Waals surface area contributed by atoms with E-state index < -0.39 is 67.3 Å². The van der Waals surface area contributed by atoms with Crippen molar-refractivity contribution in [2.24, 2.45) is 5.92 Å². The number of fused-ring (bicyclic) bond motifs is 1. The van der Waals surface area contributed by atoms with Gasteiger partial charge >= 0.3 is 31.3 Å². The standard InChI is InChI=1S/C16H18F6N4O8S2/c1-4-14(5-32-35(28,29)15(17,18)19)7(2)10(34-36(30,31)16(20,21)22)13(33-14)26-6-23-9-11(26)24-8(3)25-12(9)27/h6-7,10,13H,4-5H2,1-3H3,(H,24,25,27)/t7-,10-,13-,14-/m1/s1. The lowest BCUT2D eigenvalue weighted by atomic mass is 9.85. The van der Waals surface area contributed by atoms with Crippen LogP contribution in [0, 0.1) is 12.8 Å². The van der Waals surface area contributed by atoms with Crippen molar-refractivity contribution in [3.8, 4) is 0 Å². The van der Waals surface area contributed by atoms with Gasteiger partial charge in [0.05, 0.1) is 12.9 Å². The van der Waals surface area contributed by atoms with E-state index in [1.807, 2.05) is 0 Å². The summed E-state index contributed by atoms with van der Waals surface area (Å²) >= 11 is 0. The summed E-state index contributed by atoms with van der Waals surface area (Å²) in [5, 5.41) is 0. The van der Waals surface area contributed by atoms with Gasteiger partial charge in [0.1, 0.15) is 17.5 Å². The van der Waals surface area contributed by atoms with Crippen LogP contribution in [0.25, 0.3) is 11.2 Å². The maximum Gasteiger partial charge on any atom is 0.523 e. The van der Waals surface area contributed by atoms with Crippen molar-refractivity contribution in [1.29, 1.82) is 0 Å². The Balaban J connectivity index is 2.14. The SMILES string of the molecule is CC[C@]1(COS(=O)(=O)C(F)(F)F)O[C@@H](n2cnc3c(=O)[nH]c(C)nc32)[C@H](OS(=O)(=O)C(F)(F)F)[C@H]1C. The second kappa shape index (κ2) is 8.92. The highest BCUT2D eigenvalue weighted by molar-refractivity contribution is 7.87. The summed E-state index contributed by atoms with van der Waals surface area (Å²) in [6, 6.07) is 0. The van der Waals surface area contributed by atoms with Crippen molar-refractivity contribution in [3.05, 3.63) is 22.5 Å². The fraction of sp³-hybridized carbons (Fsp3) is 0.688. The van der Waals surface area contributed by atoms with Crippen molar-refractivity contribution >= 4 is 31.4 Å². The van der Waals surface area contributed by atoms with Crippen LogP contribution in [0.15, 0.2) is 11.1 Å². The smallest absolute Gasteiger partial charge is 0.346 e. The third-order valence-corrected chi connectivity index (χ3v) is 7.68. The molecule has 0 amide bonds. The van der Waals surface area contributed by atoms with E-state index in [1.165, 1.54) is 13.8 Å². The minimum absolute atomic E-state index is 0.0297. The number of rotatable bonds is 7. The highest BCUT2D eigenvalue weighted by atomic mass is 32.2. The second-order valence-electron chi connectivity index (χ2n) is 7.81. The van der Waals surface area contributed by atoms with Gasteiger partial charge in [-0.15, -0.1) is 0 Å². The number of hydrogen-bond donors (Lipinski definition) is 1. The summed E-state index contributed by atoms with van der Waals surface area (Å²) < 4.78 is 139. The highest BCUT2D eigenvalue weighted by Crippen LogP contribution is 2.48. The van der Waals surface area contributed by atoms with Gasteiger partial charge in [0, 0.05) is 5.92 Å². The van der Waals surface area contributed by atoms with Gasteiger partial charge in [0.2, 0.25) is 0 Å². The summed E-state index contributed by atoms with van der Waals surface area (Å²) in [6.07, 6.45) is -3.44. The monoisotopic (exact) mass is 572 g/mol. The molecule has 204 valence electrons. The Kier molecular flexibility index (Phi) is 7.01. The van der Waals surface area contributed by atoms with Gasteiger partial charge in [0.15, 0.2) is 17.4 Å². The molecule has 1 saturated heterocycles. The normalized spacial score (nSPS) is 26.1. The molecule has 3 heterocycles. The minimum atomic E-state index is -6.27. The molecule has 0 radical (unpaired) electrons. The number of nitrogens with one attached hydrogen (secondary N) is 1. The molecular formula is C16H18F6N4O8S2. The van der Waals surface area contributed by atoms with Crippen LogP contribution in [0.3, 0.4) is 0 Å². The average Bonchev–Trinajstić information content (AvgIpc) is 3.25. The van der Waals surface area contributed by atoms with Crippen LogP contribution in [-0.2, 0) is 33.3 Å². The van der Waals surface area contributed by atoms with Crippen LogP contribution in [0.2, 0.25) is 0 Å². The van der Waals surface area contributed by atoms with Crippen molar-refractivity contribution in [1.82, 2.24) is 19.5 Å². The molecule has 12 nitrogen and oxygen atoms in total. The van der Waals surface area contributed by atoms with Crippen LogP contribution in [0.5, 0.6) is 0 Å². The van der Waals surface area contributed by atoms with Gasteiger partial charge in [0.25, 0.3) is 5.56 Å². The Morgan fingerprint density at radius 3 is 2.25 bits per heavy atom. The van der Waals surface area contributed by atoms with Gasteiger partial charge in [-0.2, -0.15) is 43.2 Å². The van der Waals surface area contributed by atoms with Gasteiger partial charge < -0.3 is 9.72 Å². The predicted molar refractivity (Wildman–Crippen MR) is 106 cm³/mol. The lowest BCUT2D eigenvalue weighted by molar-refractivity contribution is -0.115. The summed E-state index contributed by atoms with van der Waals surface area (Å²) in [6.45, 7) is 2.37. The van der Waals surface area contributed by atoms with Crippen molar-refractivity contribution < 1.29 is 56.3 Å². The predicted octanol–water partition coefficient (Wildman–Crippen LogP) is 1.84. The lowest BCUT2D eigenvalue weighted by Crippen LogP contribution is -2.44. The van der Waals surface area contributed by atoms with Crippen LogP contribution in [0.4, 0.5) is 26.3 Å². The molecule has 2 aromatic heterocycles. The molecule has 36 heavy (non-hydrogen) atoms. The van der Waals surface area contributed by atoms with Crippen LogP contribution < -0.4 is 5.56 Å². The van der Waals surface area contributed by atoms with Crippen LogP contribution in [-0.4, -0.2) is 65.7 Å². The van der Waals surface area contributed by atoms with Crippen molar-refractivity contribution in [2.75, 3.05) is 6.61 Å². The van der Waals surface area contributed by atoms with E-state index in [4.69, 9.17) is 4.74 Å². The summed E-state index contributed by atoms with van der Waals surface area (Å²) in [7, 11) is -12.4. The summed E-state index contributed by atoms with van der Waals surface area (Å²) in [5.74, 6) is -1.48. The molecule has 0 aromatic carbocycles. The number of hydrogen-bond acceptors (Lipinski definition) is 10. The number of nitrogens with zero attached hydrogens (tertiary/aromatic N) is 3. The molecule has 1 aliphatic heterocycles. The molecule has 0 unspecified atom stereocenters. The van der Waals surface area contributed by atoms with E-state index in [0.717, 1.165) is 17.8 Å². The molecule has 20 heteroatoms. The zero-order valence-electron chi connectivity index (χ0n) is 18.4. The maximum atomic E-state index is 13.1. The first kappa shape index (κ1) is 28.3. The third kappa shape index (κ3) is 4.83. The fourth-order valence-electron chi connectivity index (χ4n) is 3.65. The molecule has 0 spiro atoms. The van der Waals surface area contributed by atoms with Gasteiger partial charge in [-0.1, -0.05) is 13.8 Å². The lowest BCUT2D eigenvalue weighted by Gasteiger charge is -2.31. The van der Waals surface area contributed by atoms with Gasteiger partial charge in [-0.3, -0.25) is 17.7 Å². The number of aromatic nitrogens is 4. The Labute approximate surface area is 198 Å². The van der Waals surface area contributed by atoms with E-state index in [0.29, 0.717) is 0 Å². The Morgan fingerprint density at radius 1 is 1.14 bits per heavy atom. The Hall–Kier alpha value is -2.29. The number of aryl methyl sites for hydroxylation is 1. The third-order valence-electron chi connectivity index (χ3n) is 5.65. The molecule has 0 saturated carbocycles. The van der Waals surface area contributed by atoms with Gasteiger partial charge in [-0.05, 0) is 13.3 Å². The molecule has 2 aromatic rings. The number of H-pyrrole nitrogens is 1.